The molecule has 0 saturated heterocycles. The van der Waals surface area contributed by atoms with Crippen molar-refractivity contribution in [2.45, 2.75) is 45.1 Å². The average molecular weight is 304 g/mol. The summed E-state index contributed by atoms with van der Waals surface area (Å²) in [5.41, 5.74) is 8.60. The fraction of sp³-hybridized carbons (Fsp3) is 0.471. The maximum atomic E-state index is 13.7. The Morgan fingerprint density at radius 2 is 2.24 bits per heavy atom. The third-order valence-electron chi connectivity index (χ3n) is 4.43. The lowest BCUT2D eigenvalue weighted by Gasteiger charge is -2.35. The van der Waals surface area contributed by atoms with Crippen LogP contribution in [0.1, 0.15) is 43.2 Å². The summed E-state index contributed by atoms with van der Waals surface area (Å²) in [6.45, 7) is 4.02. The van der Waals surface area contributed by atoms with Crippen LogP contribution in [0.15, 0.2) is 23.6 Å². The molecule has 1 aromatic heterocycles. The van der Waals surface area contributed by atoms with Gasteiger partial charge in [0.2, 0.25) is 0 Å². The second-order valence-corrected chi connectivity index (χ2v) is 7.22. The Balaban J connectivity index is 1.90. The number of nitrogens with two attached hydrogens (primary N) is 1. The molecule has 0 bridgehead atoms. The lowest BCUT2D eigenvalue weighted by atomic mass is 9.77. The van der Waals surface area contributed by atoms with Gasteiger partial charge in [-0.25, -0.2) is 9.37 Å². The summed E-state index contributed by atoms with van der Waals surface area (Å²) >= 11 is 1.60. The second kappa shape index (κ2) is 5.50. The Morgan fingerprint density at radius 1 is 1.43 bits per heavy atom. The van der Waals surface area contributed by atoms with Gasteiger partial charge in [-0.2, -0.15) is 0 Å². The van der Waals surface area contributed by atoms with Gasteiger partial charge in [0.25, 0.3) is 0 Å². The Morgan fingerprint density at radius 3 is 2.95 bits per heavy atom. The molecule has 1 heterocycles. The molecule has 1 fully saturated rings. The number of halogens is 1. The van der Waals surface area contributed by atoms with Crippen molar-refractivity contribution < 1.29 is 4.39 Å². The van der Waals surface area contributed by atoms with Crippen LogP contribution in [-0.4, -0.2) is 4.98 Å². The van der Waals surface area contributed by atoms with E-state index in [-0.39, 0.29) is 11.4 Å². The van der Waals surface area contributed by atoms with Crippen LogP contribution in [0.25, 0.3) is 11.3 Å². The highest BCUT2D eigenvalue weighted by molar-refractivity contribution is 7.10. The number of hydrogen-bond donors (Lipinski definition) is 1. The van der Waals surface area contributed by atoms with Gasteiger partial charge in [-0.1, -0.05) is 31.9 Å². The molecule has 2 aromatic rings. The highest BCUT2D eigenvalue weighted by Crippen LogP contribution is 2.40. The van der Waals surface area contributed by atoms with Gasteiger partial charge in [0.15, 0.2) is 0 Å². The number of nitrogens with zero attached hydrogens (tertiary/aromatic N) is 1. The highest BCUT2D eigenvalue weighted by Gasteiger charge is 2.35. The first kappa shape index (κ1) is 14.7. The Hall–Kier alpha value is -1.26. The van der Waals surface area contributed by atoms with Gasteiger partial charge in [-0.05, 0) is 37.3 Å². The van der Waals surface area contributed by atoms with Gasteiger partial charge in [0.1, 0.15) is 10.8 Å². The molecule has 2 N–H and O–H groups in total. The third kappa shape index (κ3) is 2.87. The molecule has 4 heteroatoms. The smallest absolute Gasteiger partial charge is 0.126 e. The zero-order chi connectivity index (χ0) is 15.0. The number of aromatic nitrogens is 1. The van der Waals surface area contributed by atoms with E-state index in [2.05, 4.69) is 6.92 Å². The number of hydrogen-bond acceptors (Lipinski definition) is 3. The fourth-order valence-corrected chi connectivity index (χ4v) is 4.16. The SMILES string of the molecule is Cc1ccc(-c2csc(C3(N)CCCC(C)C3)n2)cc1F. The van der Waals surface area contributed by atoms with E-state index in [1.165, 1.54) is 6.42 Å². The van der Waals surface area contributed by atoms with Gasteiger partial charge in [-0.15, -0.1) is 11.3 Å². The van der Waals surface area contributed by atoms with Crippen LogP contribution in [0.5, 0.6) is 0 Å². The minimum atomic E-state index is -0.302. The van der Waals surface area contributed by atoms with Gasteiger partial charge < -0.3 is 5.73 Å². The summed E-state index contributed by atoms with van der Waals surface area (Å²) in [6, 6.07) is 5.27. The zero-order valence-corrected chi connectivity index (χ0v) is 13.3. The van der Waals surface area contributed by atoms with Crippen LogP contribution in [0.2, 0.25) is 0 Å². The Kier molecular flexibility index (Phi) is 3.84. The zero-order valence-electron chi connectivity index (χ0n) is 12.5. The number of benzene rings is 1. The van der Waals surface area contributed by atoms with Crippen molar-refractivity contribution in [3.63, 3.8) is 0 Å². The monoisotopic (exact) mass is 304 g/mol. The summed E-state index contributed by atoms with van der Waals surface area (Å²) in [7, 11) is 0. The largest absolute Gasteiger partial charge is 0.319 e. The Bertz CT molecular complexity index is 652. The molecule has 0 amide bonds. The van der Waals surface area contributed by atoms with Crippen molar-refractivity contribution in [1.82, 2.24) is 4.98 Å². The number of aryl methyl sites for hydroxylation is 1. The molecule has 0 aliphatic heterocycles. The quantitative estimate of drug-likeness (QED) is 0.879. The predicted molar refractivity (Wildman–Crippen MR) is 85.7 cm³/mol. The molecule has 3 rings (SSSR count). The van der Waals surface area contributed by atoms with E-state index < -0.39 is 0 Å². The van der Waals surface area contributed by atoms with Crippen molar-refractivity contribution in [3.05, 3.63) is 40.0 Å². The Labute approximate surface area is 129 Å². The first-order valence-corrected chi connectivity index (χ1v) is 8.37. The standard InChI is InChI=1S/C17H21FN2S/c1-11-4-3-7-17(19,9-11)16-20-15(10-21-16)13-6-5-12(2)14(18)8-13/h5-6,8,10-11H,3-4,7,9,19H2,1-2H3. The second-order valence-electron chi connectivity index (χ2n) is 6.36. The third-order valence-corrected chi connectivity index (χ3v) is 5.49. The molecule has 1 aliphatic rings. The molecule has 2 unspecified atom stereocenters. The molecule has 1 aromatic carbocycles. The number of rotatable bonds is 2. The number of thiazole rings is 1. The van der Waals surface area contributed by atoms with Gasteiger partial charge in [0.05, 0.1) is 11.2 Å². The van der Waals surface area contributed by atoms with Crippen LogP contribution in [0, 0.1) is 18.7 Å². The molecule has 0 radical (unpaired) electrons. The molecular weight excluding hydrogens is 283 g/mol. The van der Waals surface area contributed by atoms with E-state index >= 15 is 0 Å². The first-order valence-electron chi connectivity index (χ1n) is 7.49. The topological polar surface area (TPSA) is 38.9 Å². The van der Waals surface area contributed by atoms with Gasteiger partial charge >= 0.3 is 0 Å². The van der Waals surface area contributed by atoms with Crippen molar-refractivity contribution >= 4 is 11.3 Å². The van der Waals surface area contributed by atoms with Crippen molar-refractivity contribution in [2.75, 3.05) is 0 Å². The van der Waals surface area contributed by atoms with Crippen LogP contribution in [0.3, 0.4) is 0 Å². The van der Waals surface area contributed by atoms with Gasteiger partial charge in [-0.3, -0.25) is 0 Å². The summed E-state index contributed by atoms with van der Waals surface area (Å²) in [4.78, 5) is 4.71. The lowest BCUT2D eigenvalue weighted by molar-refractivity contribution is 0.238. The van der Waals surface area contributed by atoms with E-state index in [1.54, 1.807) is 30.4 Å². The van der Waals surface area contributed by atoms with Crippen molar-refractivity contribution in [3.8, 4) is 11.3 Å². The maximum Gasteiger partial charge on any atom is 0.126 e. The van der Waals surface area contributed by atoms with Crippen LogP contribution < -0.4 is 5.73 Å². The first-order chi connectivity index (χ1) is 9.98. The molecule has 2 nitrogen and oxygen atoms in total. The minimum Gasteiger partial charge on any atom is -0.319 e. The van der Waals surface area contributed by atoms with E-state index in [1.807, 2.05) is 11.4 Å². The lowest BCUT2D eigenvalue weighted by Crippen LogP contribution is -2.40. The normalized spacial score (nSPS) is 26.0. The molecule has 112 valence electrons. The molecule has 1 saturated carbocycles. The van der Waals surface area contributed by atoms with E-state index in [0.717, 1.165) is 35.5 Å². The molecule has 2 atom stereocenters. The molecule has 1 aliphatic carbocycles. The van der Waals surface area contributed by atoms with E-state index in [0.29, 0.717) is 11.5 Å². The minimum absolute atomic E-state index is 0.184. The molecular formula is C17H21FN2S. The summed E-state index contributed by atoms with van der Waals surface area (Å²) in [5.74, 6) is 0.462. The summed E-state index contributed by atoms with van der Waals surface area (Å²) in [5, 5.41) is 2.98. The van der Waals surface area contributed by atoms with Crippen molar-refractivity contribution in [1.29, 1.82) is 0 Å². The van der Waals surface area contributed by atoms with Crippen molar-refractivity contribution in [2.24, 2.45) is 11.7 Å². The van der Waals surface area contributed by atoms with Crippen LogP contribution in [-0.2, 0) is 5.54 Å². The predicted octanol–water partition coefficient (Wildman–Crippen LogP) is 4.62. The van der Waals surface area contributed by atoms with E-state index in [9.17, 15) is 4.39 Å². The molecule has 21 heavy (non-hydrogen) atoms. The van der Waals surface area contributed by atoms with Crippen LogP contribution >= 0.6 is 11.3 Å². The summed E-state index contributed by atoms with van der Waals surface area (Å²) < 4.78 is 13.7. The summed E-state index contributed by atoms with van der Waals surface area (Å²) in [6.07, 6.45) is 4.39. The maximum absolute atomic E-state index is 13.7. The molecule has 0 spiro atoms. The van der Waals surface area contributed by atoms with Crippen LogP contribution in [0.4, 0.5) is 4.39 Å². The fourth-order valence-electron chi connectivity index (χ4n) is 3.17. The van der Waals surface area contributed by atoms with Gasteiger partial charge in [0, 0.05) is 10.9 Å². The van der Waals surface area contributed by atoms with E-state index in [4.69, 9.17) is 10.7 Å². The average Bonchev–Trinajstić information content (AvgIpc) is 2.92. The highest BCUT2D eigenvalue weighted by atomic mass is 32.1.